The molecule has 6 heteroatoms. The van der Waals surface area contributed by atoms with Crippen LogP contribution in [0.25, 0.3) is 0 Å². The lowest BCUT2D eigenvalue weighted by Gasteiger charge is -2.27. The number of hydrazine groups is 1. The van der Waals surface area contributed by atoms with Crippen LogP contribution in [0.4, 0.5) is 11.4 Å². The molecule has 5 nitrogen and oxygen atoms in total. The van der Waals surface area contributed by atoms with Gasteiger partial charge in [-0.3, -0.25) is 9.59 Å². The van der Waals surface area contributed by atoms with Crippen molar-refractivity contribution in [1.82, 2.24) is 0 Å². The second-order valence-electron chi connectivity index (χ2n) is 6.55. The Balaban J connectivity index is 1.67. The largest absolute Gasteiger partial charge is 0.333 e. The molecule has 1 atom stereocenters. The Hall–Kier alpha value is -3.22. The van der Waals surface area contributed by atoms with Gasteiger partial charge in [-0.25, -0.2) is 10.0 Å². The fourth-order valence-corrected chi connectivity index (χ4v) is 4.27. The minimum Gasteiger partial charge on any atom is -0.333 e. The molecule has 0 aliphatic carbocycles. The summed E-state index contributed by atoms with van der Waals surface area (Å²) in [6, 6.07) is 27.5. The molecule has 1 aliphatic heterocycles. The van der Waals surface area contributed by atoms with Crippen LogP contribution in [0.1, 0.15) is 6.42 Å². The number of anilines is 2. The molecule has 1 unspecified atom stereocenters. The van der Waals surface area contributed by atoms with Crippen LogP contribution in [0.15, 0.2) is 95.9 Å². The predicted octanol–water partition coefficient (Wildman–Crippen LogP) is 4.59. The molecule has 3 aromatic carbocycles. The molecular weight excluding hydrogens is 384 g/mol. The summed E-state index contributed by atoms with van der Waals surface area (Å²) in [4.78, 5) is 27.2. The van der Waals surface area contributed by atoms with Crippen molar-refractivity contribution in [1.29, 1.82) is 0 Å². The third kappa shape index (κ3) is 3.85. The molecule has 0 radical (unpaired) electrons. The zero-order valence-corrected chi connectivity index (χ0v) is 16.4. The van der Waals surface area contributed by atoms with Gasteiger partial charge in [0.25, 0.3) is 11.8 Å². The summed E-state index contributed by atoms with van der Waals surface area (Å²) >= 11 is 0. The Kier molecular flexibility index (Phi) is 5.55. The van der Waals surface area contributed by atoms with Crippen molar-refractivity contribution in [2.45, 2.75) is 11.3 Å². The van der Waals surface area contributed by atoms with E-state index in [0.717, 1.165) is 4.90 Å². The average molecular weight is 404 g/mol. The molecule has 3 aromatic rings. The number of amides is 2. The number of nitrogens with zero attached hydrogens (tertiary/aromatic N) is 2. The van der Waals surface area contributed by atoms with Crippen molar-refractivity contribution in [3.8, 4) is 0 Å². The summed E-state index contributed by atoms with van der Waals surface area (Å²) in [6.07, 6.45) is 0.166. The number of carbonyl (C=O) groups is 2. The third-order valence-corrected chi connectivity index (χ3v) is 5.95. The summed E-state index contributed by atoms with van der Waals surface area (Å²) in [6.45, 7) is 0. The molecule has 1 fully saturated rings. The molecule has 1 aliphatic rings. The van der Waals surface area contributed by atoms with Crippen LogP contribution in [-0.2, 0) is 9.59 Å². The van der Waals surface area contributed by atoms with Gasteiger partial charge in [-0.15, -0.1) is 0 Å². The normalized spacial score (nSPS) is 15.9. The van der Waals surface area contributed by atoms with Gasteiger partial charge in [0.15, 0.2) is 0 Å². The van der Waals surface area contributed by atoms with E-state index in [-0.39, 0.29) is 18.2 Å². The fourth-order valence-electron chi connectivity index (χ4n) is 3.27. The van der Waals surface area contributed by atoms with E-state index in [1.165, 1.54) is 10.0 Å². The van der Waals surface area contributed by atoms with E-state index in [4.69, 9.17) is 0 Å². The van der Waals surface area contributed by atoms with Crippen LogP contribution in [0, 0.1) is 5.92 Å². The first-order valence-electron chi connectivity index (χ1n) is 9.25. The van der Waals surface area contributed by atoms with Crippen molar-refractivity contribution in [2.75, 3.05) is 10.0 Å². The van der Waals surface area contributed by atoms with Crippen LogP contribution >= 0.6 is 10.8 Å². The smallest absolute Gasteiger partial charge is 0.259 e. The van der Waals surface area contributed by atoms with Crippen LogP contribution in [0.3, 0.4) is 0 Å². The number of rotatable bonds is 5. The van der Waals surface area contributed by atoms with Gasteiger partial charge >= 0.3 is 0 Å². The number of carbonyl (C=O) groups excluding carboxylic acids is 2. The van der Waals surface area contributed by atoms with E-state index in [1.54, 1.807) is 29.6 Å². The lowest BCUT2D eigenvalue weighted by atomic mass is 10.1. The molecule has 0 saturated carbocycles. The highest BCUT2D eigenvalue weighted by atomic mass is 32.2. The van der Waals surface area contributed by atoms with Crippen LogP contribution in [0.5, 0.6) is 0 Å². The number of para-hydroxylation sites is 2. The molecule has 146 valence electrons. The van der Waals surface area contributed by atoms with E-state index in [1.807, 2.05) is 66.7 Å². The minimum absolute atomic E-state index is 0.166. The number of hydrogen-bond donors (Lipinski definition) is 1. The molecule has 1 heterocycles. The van der Waals surface area contributed by atoms with E-state index in [0.29, 0.717) is 11.4 Å². The minimum atomic E-state index is -1.14. The van der Waals surface area contributed by atoms with Gasteiger partial charge in [0.1, 0.15) is 5.92 Å². The Morgan fingerprint density at radius 1 is 0.724 bits per heavy atom. The van der Waals surface area contributed by atoms with E-state index in [9.17, 15) is 14.1 Å². The highest BCUT2D eigenvalue weighted by Crippen LogP contribution is 2.33. The van der Waals surface area contributed by atoms with Gasteiger partial charge in [-0.1, -0.05) is 54.6 Å². The molecule has 2 amide bonds. The lowest BCUT2D eigenvalue weighted by Crippen LogP contribution is -2.41. The number of benzene rings is 3. The highest BCUT2D eigenvalue weighted by molar-refractivity contribution is 8.10. The maximum absolute atomic E-state index is 13.2. The van der Waals surface area contributed by atoms with Gasteiger partial charge in [0.05, 0.1) is 11.4 Å². The summed E-state index contributed by atoms with van der Waals surface area (Å²) in [7, 11) is -1.14. The Morgan fingerprint density at radius 2 is 1.14 bits per heavy atom. The molecule has 1 N–H and O–H groups in total. The maximum atomic E-state index is 13.2. The second-order valence-corrected chi connectivity index (χ2v) is 7.99. The molecule has 0 bridgehead atoms. The summed E-state index contributed by atoms with van der Waals surface area (Å²) in [5.74, 6) is -1.47. The van der Waals surface area contributed by atoms with Crippen molar-refractivity contribution >= 4 is 39.3 Å². The van der Waals surface area contributed by atoms with Crippen LogP contribution in [-0.4, -0.2) is 21.7 Å². The molecule has 1 saturated heterocycles. The van der Waals surface area contributed by atoms with Crippen molar-refractivity contribution in [2.24, 2.45) is 5.92 Å². The average Bonchev–Trinajstić information content (AvgIpc) is 3.03. The summed E-state index contributed by atoms with van der Waals surface area (Å²) < 4.78 is 10.4. The first-order valence-corrected chi connectivity index (χ1v) is 10.5. The van der Waals surface area contributed by atoms with Crippen molar-refractivity contribution in [3.05, 3.63) is 91.0 Å². The number of hydrogen-bond acceptors (Lipinski definition) is 3. The highest BCUT2D eigenvalue weighted by Gasteiger charge is 2.46. The Labute approximate surface area is 171 Å². The van der Waals surface area contributed by atoms with E-state index < -0.39 is 16.7 Å². The molecule has 0 aromatic heterocycles. The molecule has 29 heavy (non-hydrogen) atoms. The van der Waals surface area contributed by atoms with Crippen molar-refractivity contribution < 1.29 is 14.1 Å². The van der Waals surface area contributed by atoms with Crippen LogP contribution < -0.4 is 10.0 Å². The summed E-state index contributed by atoms with van der Waals surface area (Å²) in [5, 5.41) is 4.50. The molecule has 0 spiro atoms. The predicted molar refractivity (Wildman–Crippen MR) is 117 cm³/mol. The second kappa shape index (κ2) is 8.43. The maximum Gasteiger partial charge on any atom is 0.259 e. The SMILES string of the molecule is O=C1C(CC=S(O)c2ccccc2)C(=O)N(c2ccccc2)N1c1ccccc1. The van der Waals surface area contributed by atoms with Crippen molar-refractivity contribution in [3.63, 3.8) is 0 Å². The monoisotopic (exact) mass is 404 g/mol. The first-order chi connectivity index (χ1) is 14.2. The Morgan fingerprint density at radius 3 is 1.59 bits per heavy atom. The van der Waals surface area contributed by atoms with Gasteiger partial charge < -0.3 is 4.55 Å². The van der Waals surface area contributed by atoms with Gasteiger partial charge in [0, 0.05) is 4.90 Å². The Bertz CT molecular complexity index is 982. The lowest BCUT2D eigenvalue weighted by molar-refractivity contribution is -0.126. The topological polar surface area (TPSA) is 60.9 Å². The summed E-state index contributed by atoms with van der Waals surface area (Å²) in [5.41, 5.74) is 1.26. The fraction of sp³-hybridized carbons (Fsp3) is 0.0870. The standard InChI is InChI=1S/C23H20N2O3S/c26-22-21(16-17-29(28)20-14-8-3-9-15-20)23(27)25(19-12-6-2-7-13-19)24(22)18-10-4-1-5-11-18/h1-15,17,21,28H,16H2. The van der Waals surface area contributed by atoms with Crippen LogP contribution in [0.2, 0.25) is 0 Å². The quantitative estimate of drug-likeness (QED) is 0.500. The zero-order valence-electron chi connectivity index (χ0n) is 15.6. The zero-order chi connectivity index (χ0) is 20.2. The van der Waals surface area contributed by atoms with E-state index in [2.05, 4.69) is 0 Å². The van der Waals surface area contributed by atoms with Gasteiger partial charge in [-0.05, 0) is 59.0 Å². The van der Waals surface area contributed by atoms with E-state index >= 15 is 0 Å². The third-order valence-electron chi connectivity index (χ3n) is 4.69. The molecule has 4 rings (SSSR count). The van der Waals surface area contributed by atoms with Gasteiger partial charge in [-0.2, -0.15) is 0 Å². The first kappa shape index (κ1) is 19.1. The van der Waals surface area contributed by atoms with Gasteiger partial charge in [0.2, 0.25) is 0 Å². The molecular formula is C23H20N2O3S.